The van der Waals surface area contributed by atoms with Crippen LogP contribution in [-0.4, -0.2) is 45.6 Å². The van der Waals surface area contributed by atoms with Gasteiger partial charge in [0.25, 0.3) is 0 Å². The third-order valence-corrected chi connectivity index (χ3v) is 5.14. The number of carbonyl (C=O) groups is 2. The maximum Gasteiger partial charge on any atom is 0.407 e. The molecule has 0 aliphatic rings. The van der Waals surface area contributed by atoms with E-state index in [1.54, 1.807) is 56.0 Å². The summed E-state index contributed by atoms with van der Waals surface area (Å²) in [6, 6.07) is 5.24. The van der Waals surface area contributed by atoms with E-state index in [1.165, 1.54) is 0 Å². The Hall–Kier alpha value is -2.94. The molecule has 30 heavy (non-hydrogen) atoms. The molecule has 1 N–H and O–H groups in total. The molecule has 1 amide bonds. The fraction of sp³-hybridized carbons (Fsp3) is 0.429. The molecule has 0 aliphatic heterocycles. The predicted molar refractivity (Wildman–Crippen MR) is 116 cm³/mol. The second-order valence-corrected chi connectivity index (χ2v) is 8.72. The number of nitrogens with one attached hydrogen (secondary N) is 1. The summed E-state index contributed by atoms with van der Waals surface area (Å²) < 4.78 is 13.1. The number of hydrogen-bond donors (Lipinski definition) is 1. The lowest BCUT2D eigenvalue weighted by atomic mass is 10.1. The van der Waals surface area contributed by atoms with Gasteiger partial charge in [-0.05, 0) is 58.2 Å². The minimum atomic E-state index is -0.588. The zero-order valence-corrected chi connectivity index (χ0v) is 18.6. The van der Waals surface area contributed by atoms with E-state index in [9.17, 15) is 9.59 Å². The lowest BCUT2D eigenvalue weighted by molar-refractivity contribution is 0.0508. The fourth-order valence-electron chi connectivity index (χ4n) is 2.93. The minimum absolute atomic E-state index is 0.243. The van der Waals surface area contributed by atoms with Crippen LogP contribution in [0.2, 0.25) is 0 Å². The molecule has 0 saturated carbocycles. The normalized spacial score (nSPS) is 12.6. The van der Waals surface area contributed by atoms with E-state index in [2.05, 4.69) is 15.4 Å². The molecule has 0 aliphatic carbocycles. The van der Waals surface area contributed by atoms with Gasteiger partial charge in [-0.25, -0.2) is 9.59 Å². The molecule has 160 valence electrons. The van der Waals surface area contributed by atoms with Gasteiger partial charge in [-0.2, -0.15) is 5.10 Å². The molecule has 0 saturated heterocycles. The highest BCUT2D eigenvalue weighted by molar-refractivity contribution is 7.17. The van der Waals surface area contributed by atoms with Crippen molar-refractivity contribution < 1.29 is 19.1 Å². The number of pyridine rings is 1. The SMILES string of the molecule is CCOC(=O)c1cc(-c2ccnc3ccsc23)nn1[C@@H](C)CNC(=O)OC(C)(C)C. The Morgan fingerprint density at radius 2 is 2.07 bits per heavy atom. The van der Waals surface area contributed by atoms with Crippen molar-refractivity contribution >= 4 is 33.6 Å². The van der Waals surface area contributed by atoms with Crippen LogP contribution < -0.4 is 5.32 Å². The standard InChI is InChI=1S/C21H26N4O4S/c1-6-28-19(26)17-11-16(14-7-9-22-15-8-10-30-18(14)15)24-25(17)13(2)12-23-20(27)29-21(3,4)5/h7-11,13H,6,12H2,1-5H3,(H,23,27)/t13-/m0/s1. The van der Waals surface area contributed by atoms with E-state index in [1.807, 2.05) is 24.4 Å². The van der Waals surface area contributed by atoms with Gasteiger partial charge in [0.1, 0.15) is 11.3 Å². The number of carbonyl (C=O) groups excluding carboxylic acids is 2. The monoisotopic (exact) mass is 430 g/mol. The van der Waals surface area contributed by atoms with Crippen LogP contribution in [0.25, 0.3) is 21.5 Å². The average Bonchev–Trinajstić information content (AvgIpc) is 3.31. The largest absolute Gasteiger partial charge is 0.461 e. The zero-order valence-electron chi connectivity index (χ0n) is 17.8. The molecule has 3 aromatic heterocycles. The number of ether oxygens (including phenoxy) is 2. The van der Waals surface area contributed by atoms with E-state index in [-0.39, 0.29) is 19.2 Å². The van der Waals surface area contributed by atoms with Gasteiger partial charge >= 0.3 is 12.1 Å². The maximum absolute atomic E-state index is 12.5. The number of rotatable bonds is 6. The molecule has 1 atom stereocenters. The summed E-state index contributed by atoms with van der Waals surface area (Å²) in [7, 11) is 0. The van der Waals surface area contributed by atoms with Crippen LogP contribution >= 0.6 is 11.3 Å². The molecular formula is C21H26N4O4S. The second-order valence-electron chi connectivity index (χ2n) is 7.81. The molecule has 0 unspecified atom stereocenters. The average molecular weight is 431 g/mol. The van der Waals surface area contributed by atoms with Crippen molar-refractivity contribution in [3.8, 4) is 11.3 Å². The molecule has 0 spiro atoms. The first-order valence-corrected chi connectivity index (χ1v) is 10.6. The Bertz CT molecular complexity index is 1050. The molecular weight excluding hydrogens is 404 g/mol. The van der Waals surface area contributed by atoms with Crippen LogP contribution in [0.5, 0.6) is 0 Å². The van der Waals surface area contributed by atoms with Gasteiger partial charge in [-0.1, -0.05) is 0 Å². The lowest BCUT2D eigenvalue weighted by Gasteiger charge is -2.21. The molecule has 0 fully saturated rings. The molecule has 3 aromatic rings. The van der Waals surface area contributed by atoms with Crippen molar-refractivity contribution in [1.29, 1.82) is 0 Å². The van der Waals surface area contributed by atoms with Gasteiger partial charge < -0.3 is 14.8 Å². The van der Waals surface area contributed by atoms with Crippen molar-refractivity contribution in [3.63, 3.8) is 0 Å². The Morgan fingerprint density at radius 1 is 1.30 bits per heavy atom. The summed E-state index contributed by atoms with van der Waals surface area (Å²) in [6.45, 7) is 9.52. The molecule has 3 heterocycles. The summed E-state index contributed by atoms with van der Waals surface area (Å²) in [4.78, 5) is 28.9. The predicted octanol–water partition coefficient (Wildman–Crippen LogP) is 4.42. The van der Waals surface area contributed by atoms with E-state index < -0.39 is 17.7 Å². The van der Waals surface area contributed by atoms with Crippen LogP contribution in [0.3, 0.4) is 0 Å². The summed E-state index contributed by atoms with van der Waals surface area (Å²) >= 11 is 1.57. The van der Waals surface area contributed by atoms with Crippen molar-refractivity contribution in [1.82, 2.24) is 20.1 Å². The van der Waals surface area contributed by atoms with Gasteiger partial charge in [0.15, 0.2) is 0 Å². The number of nitrogens with zero attached hydrogens (tertiary/aromatic N) is 3. The Morgan fingerprint density at radius 3 is 2.77 bits per heavy atom. The number of hydrogen-bond acceptors (Lipinski definition) is 7. The van der Waals surface area contributed by atoms with Gasteiger partial charge in [-0.15, -0.1) is 11.3 Å². The number of fused-ring (bicyclic) bond motifs is 1. The van der Waals surface area contributed by atoms with E-state index in [4.69, 9.17) is 9.47 Å². The van der Waals surface area contributed by atoms with Crippen molar-refractivity contribution in [2.75, 3.05) is 13.2 Å². The number of esters is 1. The van der Waals surface area contributed by atoms with Gasteiger partial charge in [0.2, 0.25) is 0 Å². The summed E-state index contributed by atoms with van der Waals surface area (Å²) in [6.07, 6.45) is 1.20. The number of aromatic nitrogens is 3. The summed E-state index contributed by atoms with van der Waals surface area (Å²) in [5.74, 6) is -0.461. The van der Waals surface area contributed by atoms with Gasteiger partial charge in [0.05, 0.1) is 28.6 Å². The quantitative estimate of drug-likeness (QED) is 0.582. The van der Waals surface area contributed by atoms with Crippen LogP contribution in [0.15, 0.2) is 29.8 Å². The first-order chi connectivity index (χ1) is 14.2. The van der Waals surface area contributed by atoms with Crippen LogP contribution in [0.4, 0.5) is 4.79 Å². The molecule has 0 radical (unpaired) electrons. The van der Waals surface area contributed by atoms with E-state index in [0.717, 1.165) is 15.8 Å². The minimum Gasteiger partial charge on any atom is -0.461 e. The van der Waals surface area contributed by atoms with Crippen LogP contribution in [0, 0.1) is 0 Å². The zero-order chi connectivity index (χ0) is 21.9. The number of thiophene rings is 1. The molecule has 0 aromatic carbocycles. The van der Waals surface area contributed by atoms with Crippen LogP contribution in [-0.2, 0) is 9.47 Å². The molecule has 8 nitrogen and oxygen atoms in total. The summed E-state index contributed by atoms with van der Waals surface area (Å²) in [5.41, 5.74) is 2.16. The Balaban J connectivity index is 1.90. The van der Waals surface area contributed by atoms with Crippen molar-refractivity contribution in [2.45, 2.75) is 46.3 Å². The van der Waals surface area contributed by atoms with Crippen molar-refractivity contribution in [2.24, 2.45) is 0 Å². The first kappa shape index (κ1) is 21.8. The smallest absolute Gasteiger partial charge is 0.407 e. The topological polar surface area (TPSA) is 95.3 Å². The van der Waals surface area contributed by atoms with Crippen molar-refractivity contribution in [3.05, 3.63) is 35.5 Å². The highest BCUT2D eigenvalue weighted by Crippen LogP contribution is 2.31. The van der Waals surface area contributed by atoms with Crippen LogP contribution in [0.1, 0.15) is 51.1 Å². The van der Waals surface area contributed by atoms with Gasteiger partial charge in [-0.3, -0.25) is 9.67 Å². The number of amides is 1. The Labute approximate surface area is 179 Å². The summed E-state index contributed by atoms with van der Waals surface area (Å²) in [5, 5.41) is 9.37. The fourth-order valence-corrected chi connectivity index (χ4v) is 3.80. The van der Waals surface area contributed by atoms with E-state index >= 15 is 0 Å². The number of alkyl carbamates (subject to hydrolysis) is 1. The Kier molecular flexibility index (Phi) is 6.40. The molecule has 3 rings (SSSR count). The third-order valence-electron chi connectivity index (χ3n) is 4.20. The van der Waals surface area contributed by atoms with Gasteiger partial charge in [0, 0.05) is 18.3 Å². The second kappa shape index (κ2) is 8.83. The lowest BCUT2D eigenvalue weighted by Crippen LogP contribution is -2.36. The molecule has 0 bridgehead atoms. The highest BCUT2D eigenvalue weighted by Gasteiger charge is 2.23. The first-order valence-electron chi connectivity index (χ1n) is 9.75. The van der Waals surface area contributed by atoms with E-state index in [0.29, 0.717) is 11.4 Å². The highest BCUT2D eigenvalue weighted by atomic mass is 32.1. The molecule has 9 heteroatoms. The third kappa shape index (κ3) is 4.96. The maximum atomic E-state index is 12.5.